The van der Waals surface area contributed by atoms with E-state index in [1.165, 1.54) is 0 Å². The van der Waals surface area contributed by atoms with Crippen molar-refractivity contribution in [3.05, 3.63) is 18.2 Å². The number of carbonyl (C=O) groups excluding carboxylic acids is 2. The van der Waals surface area contributed by atoms with Crippen LogP contribution in [-0.2, 0) is 23.1 Å². The van der Waals surface area contributed by atoms with Crippen LogP contribution in [0.2, 0.25) is 0 Å². The van der Waals surface area contributed by atoms with Crippen molar-refractivity contribution < 1.29 is 14.3 Å². The van der Waals surface area contributed by atoms with Gasteiger partial charge in [0.1, 0.15) is 17.5 Å². The first-order valence-corrected chi connectivity index (χ1v) is 8.40. The minimum absolute atomic E-state index is 0.0661. The monoisotopic (exact) mass is 336 g/mol. The number of nitrogens with zero attached hydrogens (tertiary/aromatic N) is 4. The highest BCUT2D eigenvalue weighted by Crippen LogP contribution is 2.22. The Morgan fingerprint density at radius 1 is 1.38 bits per heavy atom. The summed E-state index contributed by atoms with van der Waals surface area (Å²) in [4.78, 5) is 32.8. The SMILES string of the molecule is CN(Cc1nccn1C)C(=O)[C@@H]1CCCCN1C(=O)OC(C)(C)C. The summed E-state index contributed by atoms with van der Waals surface area (Å²) in [7, 11) is 3.65. The minimum Gasteiger partial charge on any atom is -0.444 e. The molecule has 1 fully saturated rings. The van der Waals surface area contributed by atoms with Gasteiger partial charge in [0.25, 0.3) is 0 Å². The number of hydrogen-bond acceptors (Lipinski definition) is 4. The third-order valence-corrected chi connectivity index (χ3v) is 4.09. The second kappa shape index (κ2) is 7.23. The molecule has 2 heterocycles. The molecule has 1 aromatic heterocycles. The van der Waals surface area contributed by atoms with Gasteiger partial charge in [-0.25, -0.2) is 9.78 Å². The lowest BCUT2D eigenvalue weighted by molar-refractivity contribution is -0.137. The molecule has 0 saturated carbocycles. The van der Waals surface area contributed by atoms with Crippen LogP contribution in [0.15, 0.2) is 12.4 Å². The van der Waals surface area contributed by atoms with Crippen LogP contribution in [0.4, 0.5) is 4.79 Å². The second-order valence-corrected chi connectivity index (χ2v) is 7.33. The second-order valence-electron chi connectivity index (χ2n) is 7.33. The summed E-state index contributed by atoms with van der Waals surface area (Å²) >= 11 is 0. The Kier molecular flexibility index (Phi) is 5.51. The first-order valence-electron chi connectivity index (χ1n) is 8.40. The minimum atomic E-state index is -0.568. The maximum Gasteiger partial charge on any atom is 0.410 e. The zero-order valence-corrected chi connectivity index (χ0v) is 15.3. The summed E-state index contributed by atoms with van der Waals surface area (Å²) in [5.41, 5.74) is -0.568. The zero-order valence-electron chi connectivity index (χ0n) is 15.3. The van der Waals surface area contributed by atoms with Gasteiger partial charge >= 0.3 is 6.09 Å². The molecular formula is C17H28N4O3. The maximum atomic E-state index is 12.9. The van der Waals surface area contributed by atoms with Crippen molar-refractivity contribution in [1.82, 2.24) is 19.4 Å². The van der Waals surface area contributed by atoms with Crippen LogP contribution >= 0.6 is 0 Å². The number of piperidine rings is 1. The maximum absolute atomic E-state index is 12.9. The van der Waals surface area contributed by atoms with Crippen LogP contribution in [0.5, 0.6) is 0 Å². The molecule has 1 aliphatic heterocycles. The van der Waals surface area contributed by atoms with Crippen molar-refractivity contribution >= 4 is 12.0 Å². The lowest BCUT2D eigenvalue weighted by atomic mass is 10.0. The van der Waals surface area contributed by atoms with Gasteiger partial charge in [-0.2, -0.15) is 0 Å². The Labute approximate surface area is 143 Å². The Balaban J connectivity index is 2.07. The Bertz CT molecular complexity index is 591. The van der Waals surface area contributed by atoms with Gasteiger partial charge in [-0.1, -0.05) is 0 Å². The molecule has 2 amide bonds. The molecule has 134 valence electrons. The van der Waals surface area contributed by atoms with Gasteiger partial charge in [0, 0.05) is 33.0 Å². The highest BCUT2D eigenvalue weighted by molar-refractivity contribution is 5.85. The molecule has 7 nitrogen and oxygen atoms in total. The molecule has 1 aliphatic rings. The standard InChI is InChI=1S/C17H28N4O3/c1-17(2,3)24-16(23)21-10-7-6-8-13(21)15(22)20(5)12-14-18-9-11-19(14)4/h9,11,13H,6-8,10,12H2,1-5H3/t13-/m0/s1. The average Bonchev–Trinajstić information content (AvgIpc) is 2.90. The molecule has 2 rings (SSSR count). The number of rotatable bonds is 3. The van der Waals surface area contributed by atoms with Crippen molar-refractivity contribution in [3.63, 3.8) is 0 Å². The molecule has 7 heteroatoms. The molecule has 0 radical (unpaired) electrons. The normalized spacial score (nSPS) is 18.4. The van der Waals surface area contributed by atoms with Crippen molar-refractivity contribution in [2.24, 2.45) is 7.05 Å². The van der Waals surface area contributed by atoms with E-state index < -0.39 is 17.7 Å². The number of aromatic nitrogens is 2. The van der Waals surface area contributed by atoms with Crippen molar-refractivity contribution in [2.75, 3.05) is 13.6 Å². The van der Waals surface area contributed by atoms with Gasteiger partial charge in [0.15, 0.2) is 0 Å². The number of ether oxygens (including phenoxy) is 1. The summed E-state index contributed by atoms with van der Waals surface area (Å²) in [5, 5.41) is 0. The molecule has 24 heavy (non-hydrogen) atoms. The summed E-state index contributed by atoms with van der Waals surface area (Å²) < 4.78 is 7.35. The van der Waals surface area contributed by atoms with Crippen LogP contribution < -0.4 is 0 Å². The van der Waals surface area contributed by atoms with Gasteiger partial charge in [0.2, 0.25) is 5.91 Å². The summed E-state index contributed by atoms with van der Waals surface area (Å²) in [6.45, 7) is 6.47. The van der Waals surface area contributed by atoms with Crippen molar-refractivity contribution in [3.8, 4) is 0 Å². The van der Waals surface area contributed by atoms with Crippen LogP contribution in [0.1, 0.15) is 45.9 Å². The molecule has 0 spiro atoms. The molecule has 1 aromatic rings. The van der Waals surface area contributed by atoms with Gasteiger partial charge in [-0.3, -0.25) is 9.69 Å². The van der Waals surface area contributed by atoms with Gasteiger partial charge in [-0.15, -0.1) is 0 Å². The molecule has 0 bridgehead atoms. The van der Waals surface area contributed by atoms with E-state index >= 15 is 0 Å². The number of imidazole rings is 1. The number of hydrogen-bond donors (Lipinski definition) is 0. The van der Waals surface area contributed by atoms with Crippen LogP contribution in [0, 0.1) is 0 Å². The Morgan fingerprint density at radius 2 is 2.08 bits per heavy atom. The first kappa shape index (κ1) is 18.3. The number of likely N-dealkylation sites (N-methyl/N-ethyl adjacent to an activating group) is 1. The highest BCUT2D eigenvalue weighted by Gasteiger charge is 2.36. The van der Waals surface area contributed by atoms with E-state index in [-0.39, 0.29) is 5.91 Å². The molecule has 1 atom stereocenters. The highest BCUT2D eigenvalue weighted by atomic mass is 16.6. The average molecular weight is 336 g/mol. The first-order chi connectivity index (χ1) is 11.2. The van der Waals surface area contributed by atoms with Crippen LogP contribution in [-0.4, -0.2) is 56.6 Å². The zero-order chi connectivity index (χ0) is 17.9. The Morgan fingerprint density at radius 3 is 2.67 bits per heavy atom. The number of likely N-dealkylation sites (tertiary alicyclic amines) is 1. The lowest BCUT2D eigenvalue weighted by Crippen LogP contribution is -2.53. The van der Waals surface area contributed by atoms with E-state index in [0.29, 0.717) is 19.5 Å². The summed E-state index contributed by atoms with van der Waals surface area (Å²) in [5.74, 6) is 0.744. The van der Waals surface area contributed by atoms with Gasteiger partial charge in [0.05, 0.1) is 6.54 Å². The van der Waals surface area contributed by atoms with Gasteiger partial charge in [-0.05, 0) is 40.0 Å². The smallest absolute Gasteiger partial charge is 0.410 e. The van der Waals surface area contributed by atoms with E-state index in [4.69, 9.17) is 4.74 Å². The van der Waals surface area contributed by atoms with E-state index in [9.17, 15) is 9.59 Å². The van der Waals surface area contributed by atoms with Crippen LogP contribution in [0.3, 0.4) is 0 Å². The molecule has 0 N–H and O–H groups in total. The Hall–Kier alpha value is -2.05. The fraction of sp³-hybridized carbons (Fsp3) is 0.706. The van der Waals surface area contributed by atoms with E-state index in [2.05, 4.69) is 4.98 Å². The molecular weight excluding hydrogens is 308 g/mol. The van der Waals surface area contributed by atoms with Crippen molar-refractivity contribution in [1.29, 1.82) is 0 Å². The number of amides is 2. The van der Waals surface area contributed by atoms with E-state index in [1.807, 2.05) is 38.6 Å². The summed E-state index contributed by atoms with van der Waals surface area (Å²) in [6.07, 6.45) is 5.65. The molecule has 0 aromatic carbocycles. The van der Waals surface area contributed by atoms with Gasteiger partial charge < -0.3 is 14.2 Å². The number of aryl methyl sites for hydroxylation is 1. The third kappa shape index (κ3) is 4.49. The predicted octanol–water partition coefficient (Wildman–Crippen LogP) is 2.17. The van der Waals surface area contributed by atoms with E-state index in [1.54, 1.807) is 23.0 Å². The topological polar surface area (TPSA) is 67.7 Å². The third-order valence-electron chi connectivity index (χ3n) is 4.09. The van der Waals surface area contributed by atoms with Crippen LogP contribution in [0.25, 0.3) is 0 Å². The fourth-order valence-corrected chi connectivity index (χ4v) is 2.82. The molecule has 1 saturated heterocycles. The van der Waals surface area contributed by atoms with E-state index in [0.717, 1.165) is 18.7 Å². The lowest BCUT2D eigenvalue weighted by Gasteiger charge is -2.37. The molecule has 0 unspecified atom stereocenters. The predicted molar refractivity (Wildman–Crippen MR) is 90.3 cm³/mol. The quantitative estimate of drug-likeness (QED) is 0.848. The number of carbonyl (C=O) groups is 2. The summed E-state index contributed by atoms with van der Waals surface area (Å²) in [6, 6.07) is -0.459. The molecule has 0 aliphatic carbocycles. The van der Waals surface area contributed by atoms with Crippen molar-refractivity contribution in [2.45, 2.75) is 58.2 Å². The largest absolute Gasteiger partial charge is 0.444 e. The fourth-order valence-electron chi connectivity index (χ4n) is 2.82.